The second kappa shape index (κ2) is 7.43. The summed E-state index contributed by atoms with van der Waals surface area (Å²) in [7, 11) is 0. The van der Waals surface area contributed by atoms with Gasteiger partial charge in [0.25, 0.3) is 0 Å². The van der Waals surface area contributed by atoms with Gasteiger partial charge in [0.15, 0.2) is 0 Å². The summed E-state index contributed by atoms with van der Waals surface area (Å²) in [6.07, 6.45) is 1.90. The zero-order chi connectivity index (χ0) is 15.2. The van der Waals surface area contributed by atoms with Gasteiger partial charge in [0.05, 0.1) is 32.4 Å². The fourth-order valence-corrected chi connectivity index (χ4v) is 2.92. The van der Waals surface area contributed by atoms with E-state index in [0.29, 0.717) is 0 Å². The number of benzene rings is 2. The average molecular weight is 315 g/mol. The Balaban J connectivity index is 1.49. The minimum Gasteiger partial charge on any atom is -0.328 e. The third-order valence-electron chi connectivity index (χ3n) is 3.96. The zero-order valence-corrected chi connectivity index (χ0v) is 13.3. The summed E-state index contributed by atoms with van der Waals surface area (Å²) in [5, 5.41) is 7.47. The van der Waals surface area contributed by atoms with E-state index in [-0.39, 0.29) is 0 Å². The molecule has 0 bridgehead atoms. The minimum absolute atomic E-state index is 0.751. The molecule has 0 radical (unpaired) electrons. The molecule has 0 atom stereocenters. The molecule has 3 nitrogen and oxygen atoms in total. The lowest BCUT2D eigenvalue weighted by atomic mass is 10.2. The molecule has 2 aromatic carbocycles. The van der Waals surface area contributed by atoms with Crippen LogP contribution >= 0.6 is 11.6 Å². The minimum atomic E-state index is 0.751. The van der Waals surface area contributed by atoms with Gasteiger partial charge in [-0.25, -0.2) is 0 Å². The number of quaternary nitrogens is 1. The highest BCUT2D eigenvalue weighted by atomic mass is 35.5. The molecule has 1 heterocycles. The molecule has 4 heteroatoms. The van der Waals surface area contributed by atoms with Gasteiger partial charge < -0.3 is 4.90 Å². The third kappa shape index (κ3) is 4.33. The van der Waals surface area contributed by atoms with Crippen molar-refractivity contribution in [1.29, 1.82) is 0 Å². The van der Waals surface area contributed by atoms with E-state index in [4.69, 9.17) is 11.6 Å². The van der Waals surface area contributed by atoms with Crippen LogP contribution in [-0.4, -0.2) is 37.4 Å². The van der Waals surface area contributed by atoms with Crippen LogP contribution in [0.15, 0.2) is 59.7 Å². The largest absolute Gasteiger partial charge is 0.328 e. The lowest BCUT2D eigenvalue weighted by Crippen LogP contribution is -3.13. The van der Waals surface area contributed by atoms with Crippen LogP contribution in [-0.2, 0) is 6.54 Å². The summed E-state index contributed by atoms with van der Waals surface area (Å²) >= 11 is 5.98. The van der Waals surface area contributed by atoms with E-state index < -0.39 is 0 Å². The van der Waals surface area contributed by atoms with E-state index in [1.165, 1.54) is 5.56 Å². The quantitative estimate of drug-likeness (QED) is 0.857. The molecule has 0 aromatic heterocycles. The Morgan fingerprint density at radius 2 is 1.82 bits per heavy atom. The molecular formula is C18H21ClN3+. The highest BCUT2D eigenvalue weighted by Crippen LogP contribution is 2.09. The fraction of sp³-hybridized carbons (Fsp3) is 0.278. The fourth-order valence-electron chi connectivity index (χ4n) is 2.72. The van der Waals surface area contributed by atoms with Crippen LogP contribution in [0.5, 0.6) is 0 Å². The first kappa shape index (κ1) is 15.1. The van der Waals surface area contributed by atoms with Gasteiger partial charge in [-0.2, -0.15) is 5.10 Å². The van der Waals surface area contributed by atoms with Crippen LogP contribution in [0, 0.1) is 0 Å². The zero-order valence-electron chi connectivity index (χ0n) is 12.6. The maximum Gasteiger partial charge on any atom is 0.103 e. The van der Waals surface area contributed by atoms with Crippen LogP contribution in [0.3, 0.4) is 0 Å². The number of piperazine rings is 1. The van der Waals surface area contributed by atoms with Gasteiger partial charge in [-0.15, -0.1) is 0 Å². The lowest BCUT2D eigenvalue weighted by Gasteiger charge is -2.30. The van der Waals surface area contributed by atoms with Crippen LogP contribution in [0.25, 0.3) is 0 Å². The summed E-state index contributed by atoms with van der Waals surface area (Å²) in [6, 6.07) is 18.5. The molecule has 0 saturated carbocycles. The van der Waals surface area contributed by atoms with Crippen molar-refractivity contribution in [3.63, 3.8) is 0 Å². The average Bonchev–Trinajstić information content (AvgIpc) is 2.55. The first-order valence-corrected chi connectivity index (χ1v) is 8.09. The Hall–Kier alpha value is -1.84. The first-order valence-electron chi connectivity index (χ1n) is 7.71. The Kier molecular flexibility index (Phi) is 5.09. The van der Waals surface area contributed by atoms with Crippen molar-refractivity contribution >= 4 is 17.8 Å². The van der Waals surface area contributed by atoms with E-state index in [1.807, 2.05) is 30.5 Å². The maximum absolute atomic E-state index is 5.98. The van der Waals surface area contributed by atoms with Crippen LogP contribution in [0.4, 0.5) is 0 Å². The highest BCUT2D eigenvalue weighted by Gasteiger charge is 2.18. The molecule has 1 saturated heterocycles. The van der Waals surface area contributed by atoms with Crippen molar-refractivity contribution in [3.05, 3.63) is 70.7 Å². The smallest absolute Gasteiger partial charge is 0.103 e. The van der Waals surface area contributed by atoms with Crippen LogP contribution in [0.2, 0.25) is 5.02 Å². The summed E-state index contributed by atoms with van der Waals surface area (Å²) in [4.78, 5) is 1.63. The molecule has 114 valence electrons. The Labute approximate surface area is 136 Å². The maximum atomic E-state index is 5.98. The topological polar surface area (TPSA) is 20.0 Å². The molecule has 0 unspecified atom stereocenters. The number of rotatable bonds is 4. The number of hydrazone groups is 1. The normalized spacial score (nSPS) is 16.3. The van der Waals surface area contributed by atoms with Gasteiger partial charge in [0.2, 0.25) is 0 Å². The van der Waals surface area contributed by atoms with E-state index in [9.17, 15) is 0 Å². The number of hydrogen-bond acceptors (Lipinski definition) is 2. The molecule has 0 spiro atoms. The van der Waals surface area contributed by atoms with Gasteiger partial charge in [-0.3, -0.25) is 5.01 Å². The van der Waals surface area contributed by atoms with E-state index in [1.54, 1.807) is 4.90 Å². The molecule has 0 amide bonds. The van der Waals surface area contributed by atoms with Crippen molar-refractivity contribution in [2.24, 2.45) is 5.10 Å². The van der Waals surface area contributed by atoms with Crippen molar-refractivity contribution in [2.45, 2.75) is 6.54 Å². The van der Waals surface area contributed by atoms with E-state index >= 15 is 0 Å². The molecule has 1 fully saturated rings. The van der Waals surface area contributed by atoms with E-state index in [2.05, 4.69) is 40.4 Å². The summed E-state index contributed by atoms with van der Waals surface area (Å²) < 4.78 is 0. The van der Waals surface area contributed by atoms with Gasteiger partial charge in [-0.1, -0.05) is 54.1 Å². The molecule has 1 aliphatic rings. The molecular weight excluding hydrogens is 294 g/mol. The third-order valence-corrected chi connectivity index (χ3v) is 4.20. The van der Waals surface area contributed by atoms with Gasteiger partial charge in [0.1, 0.15) is 6.54 Å². The van der Waals surface area contributed by atoms with Crippen LogP contribution < -0.4 is 4.90 Å². The van der Waals surface area contributed by atoms with Gasteiger partial charge in [-0.05, 0) is 17.7 Å². The standard InChI is InChI=1S/C18H20ClN3/c19-18-8-4-7-17(13-18)14-20-22-11-9-21(10-12-22)15-16-5-2-1-3-6-16/h1-8,13-14H,9-12,15H2/p+1/b20-14-. The first-order chi connectivity index (χ1) is 10.8. The second-order valence-electron chi connectivity index (χ2n) is 5.67. The molecule has 1 N–H and O–H groups in total. The predicted molar refractivity (Wildman–Crippen MR) is 91.5 cm³/mol. The van der Waals surface area contributed by atoms with Crippen molar-refractivity contribution in [3.8, 4) is 0 Å². The number of nitrogens with one attached hydrogen (secondary N) is 1. The van der Waals surface area contributed by atoms with Crippen molar-refractivity contribution < 1.29 is 4.90 Å². The summed E-state index contributed by atoms with van der Waals surface area (Å²) in [6.45, 7) is 5.36. The van der Waals surface area contributed by atoms with Gasteiger partial charge >= 0.3 is 0 Å². The highest BCUT2D eigenvalue weighted by molar-refractivity contribution is 6.30. The molecule has 0 aliphatic carbocycles. The van der Waals surface area contributed by atoms with Gasteiger partial charge in [0, 0.05) is 10.6 Å². The monoisotopic (exact) mass is 314 g/mol. The Bertz CT molecular complexity index is 619. The SMILES string of the molecule is Clc1cccc(/C=N\N2CC[NH+](Cc3ccccc3)CC2)c1. The molecule has 3 rings (SSSR count). The summed E-state index contributed by atoms with van der Waals surface area (Å²) in [5.41, 5.74) is 2.46. The molecule has 2 aromatic rings. The molecule has 1 aliphatic heterocycles. The number of hydrogen-bond donors (Lipinski definition) is 1. The molecule has 22 heavy (non-hydrogen) atoms. The summed E-state index contributed by atoms with van der Waals surface area (Å²) in [5.74, 6) is 0. The van der Waals surface area contributed by atoms with Crippen molar-refractivity contribution in [2.75, 3.05) is 26.2 Å². The van der Waals surface area contributed by atoms with Crippen molar-refractivity contribution in [1.82, 2.24) is 5.01 Å². The predicted octanol–water partition coefficient (Wildman–Crippen LogP) is 2.07. The van der Waals surface area contributed by atoms with Crippen LogP contribution in [0.1, 0.15) is 11.1 Å². The Morgan fingerprint density at radius 3 is 2.55 bits per heavy atom. The lowest BCUT2D eigenvalue weighted by molar-refractivity contribution is -0.918. The Morgan fingerprint density at radius 1 is 1.05 bits per heavy atom. The second-order valence-corrected chi connectivity index (χ2v) is 6.10. The number of nitrogens with zero attached hydrogens (tertiary/aromatic N) is 2. The number of halogens is 1. The van der Waals surface area contributed by atoms with E-state index in [0.717, 1.165) is 43.3 Å².